The van der Waals surface area contributed by atoms with E-state index in [4.69, 9.17) is 4.99 Å². The van der Waals surface area contributed by atoms with Gasteiger partial charge in [0.15, 0.2) is 0 Å². The summed E-state index contributed by atoms with van der Waals surface area (Å²) in [6.07, 6.45) is 1.84. The molecule has 112 valence electrons. The number of nitrogens with zero attached hydrogens (tertiary/aromatic N) is 1. The van der Waals surface area contributed by atoms with E-state index in [0.717, 1.165) is 0 Å². The molecule has 0 spiro atoms. The van der Waals surface area contributed by atoms with Crippen LogP contribution in [0.1, 0.15) is 22.7 Å². The highest BCUT2D eigenvalue weighted by Crippen LogP contribution is 2.45. The molecule has 2 heteroatoms. The molecule has 0 radical (unpaired) electrons. The van der Waals surface area contributed by atoms with Gasteiger partial charge in [0.25, 0.3) is 0 Å². The van der Waals surface area contributed by atoms with Crippen LogP contribution in [-0.2, 0) is 5.54 Å². The van der Waals surface area contributed by atoms with E-state index < -0.39 is 0 Å². The van der Waals surface area contributed by atoms with Gasteiger partial charge in [0.05, 0.1) is 6.34 Å². The third-order valence-electron chi connectivity index (χ3n) is 4.50. The first-order chi connectivity index (χ1) is 11.4. The van der Waals surface area contributed by atoms with E-state index in [9.17, 15) is 0 Å². The van der Waals surface area contributed by atoms with Crippen molar-refractivity contribution in [2.45, 2.75) is 11.6 Å². The molecular formula is C21H18N2. The topological polar surface area (TPSA) is 24.4 Å². The molecule has 3 aromatic carbocycles. The first kappa shape index (κ1) is 13.8. The van der Waals surface area contributed by atoms with Crippen molar-refractivity contribution >= 4 is 6.34 Å². The lowest BCUT2D eigenvalue weighted by molar-refractivity contribution is 0.424. The molecule has 1 heterocycles. The molecule has 0 saturated carbocycles. The van der Waals surface area contributed by atoms with Crippen LogP contribution < -0.4 is 5.32 Å². The largest absolute Gasteiger partial charge is 0.361 e. The maximum Gasteiger partial charge on any atom is 0.116 e. The molecular weight excluding hydrogens is 280 g/mol. The van der Waals surface area contributed by atoms with Gasteiger partial charge in [0, 0.05) is 0 Å². The summed E-state index contributed by atoms with van der Waals surface area (Å²) >= 11 is 0. The summed E-state index contributed by atoms with van der Waals surface area (Å²) in [5, 5.41) is 3.56. The molecule has 0 aliphatic carbocycles. The molecule has 1 unspecified atom stereocenters. The molecule has 0 fully saturated rings. The highest BCUT2D eigenvalue weighted by molar-refractivity contribution is 5.65. The third-order valence-corrected chi connectivity index (χ3v) is 4.50. The number of benzene rings is 3. The molecule has 0 bridgehead atoms. The van der Waals surface area contributed by atoms with Crippen LogP contribution >= 0.6 is 0 Å². The SMILES string of the molecule is C1=NC(c2ccccc2)C(c2ccccc2)(c2ccccc2)N1. The van der Waals surface area contributed by atoms with Crippen molar-refractivity contribution in [3.63, 3.8) is 0 Å². The first-order valence-electron chi connectivity index (χ1n) is 7.86. The quantitative estimate of drug-likeness (QED) is 0.766. The van der Waals surface area contributed by atoms with Gasteiger partial charge in [-0.3, -0.25) is 4.99 Å². The number of hydrogen-bond donors (Lipinski definition) is 1. The second-order valence-corrected chi connectivity index (χ2v) is 5.78. The Bertz CT molecular complexity index is 756. The molecule has 2 nitrogen and oxygen atoms in total. The van der Waals surface area contributed by atoms with Gasteiger partial charge in [-0.15, -0.1) is 0 Å². The van der Waals surface area contributed by atoms with E-state index >= 15 is 0 Å². The van der Waals surface area contributed by atoms with Crippen LogP contribution in [0.5, 0.6) is 0 Å². The van der Waals surface area contributed by atoms with Crippen molar-refractivity contribution in [2.24, 2.45) is 4.99 Å². The molecule has 1 aliphatic heterocycles. The normalized spacial score (nSPS) is 18.5. The summed E-state index contributed by atoms with van der Waals surface area (Å²) in [5.41, 5.74) is 3.28. The molecule has 23 heavy (non-hydrogen) atoms. The van der Waals surface area contributed by atoms with Crippen molar-refractivity contribution in [1.29, 1.82) is 0 Å². The van der Waals surface area contributed by atoms with E-state index in [-0.39, 0.29) is 11.6 Å². The maximum atomic E-state index is 4.78. The van der Waals surface area contributed by atoms with E-state index in [1.165, 1.54) is 16.7 Å². The lowest BCUT2D eigenvalue weighted by Gasteiger charge is -2.36. The predicted octanol–water partition coefficient (Wildman–Crippen LogP) is 4.30. The summed E-state index contributed by atoms with van der Waals surface area (Å²) in [6, 6.07) is 31.6. The Labute approximate surface area is 136 Å². The standard InChI is InChI=1S/C21H18N2/c1-4-10-17(11-5-1)20-21(23-16-22-20,18-12-6-2-7-13-18)19-14-8-3-9-15-19/h1-16,20H,(H,22,23). The number of nitrogens with one attached hydrogen (secondary N) is 1. The molecule has 0 aromatic heterocycles. The van der Waals surface area contributed by atoms with Gasteiger partial charge in [-0.1, -0.05) is 91.0 Å². The Morgan fingerprint density at radius 2 is 1.13 bits per heavy atom. The zero-order chi connectivity index (χ0) is 15.5. The average molecular weight is 298 g/mol. The Kier molecular flexibility index (Phi) is 3.43. The van der Waals surface area contributed by atoms with Crippen molar-refractivity contribution < 1.29 is 0 Å². The van der Waals surface area contributed by atoms with E-state index in [0.29, 0.717) is 0 Å². The zero-order valence-electron chi connectivity index (χ0n) is 12.8. The highest BCUT2D eigenvalue weighted by Gasteiger charge is 2.45. The van der Waals surface area contributed by atoms with Crippen LogP contribution in [0.25, 0.3) is 0 Å². The van der Waals surface area contributed by atoms with E-state index in [2.05, 4.69) is 90.2 Å². The minimum absolute atomic E-state index is 0.00787. The predicted molar refractivity (Wildman–Crippen MR) is 94.5 cm³/mol. The van der Waals surface area contributed by atoms with Crippen molar-refractivity contribution in [3.8, 4) is 0 Å². The summed E-state index contributed by atoms with van der Waals surface area (Å²) in [5.74, 6) is 0. The monoisotopic (exact) mass is 298 g/mol. The molecule has 4 rings (SSSR count). The average Bonchev–Trinajstić information content (AvgIpc) is 3.10. The van der Waals surface area contributed by atoms with Gasteiger partial charge >= 0.3 is 0 Å². The van der Waals surface area contributed by atoms with E-state index in [1.807, 2.05) is 12.4 Å². The van der Waals surface area contributed by atoms with Gasteiger partial charge in [-0.25, -0.2) is 0 Å². The first-order valence-corrected chi connectivity index (χ1v) is 7.86. The number of hydrogen-bond acceptors (Lipinski definition) is 2. The second-order valence-electron chi connectivity index (χ2n) is 5.78. The van der Waals surface area contributed by atoms with E-state index in [1.54, 1.807) is 0 Å². The number of aliphatic imine (C=N–C) groups is 1. The lowest BCUT2D eigenvalue weighted by Crippen LogP contribution is -2.43. The minimum Gasteiger partial charge on any atom is -0.361 e. The fourth-order valence-electron chi connectivity index (χ4n) is 3.43. The van der Waals surface area contributed by atoms with Crippen LogP contribution in [0.2, 0.25) is 0 Å². The Morgan fingerprint density at radius 3 is 1.65 bits per heavy atom. The molecule has 1 aliphatic rings. The van der Waals surface area contributed by atoms with Crippen LogP contribution in [0.15, 0.2) is 96.0 Å². The molecule has 1 N–H and O–H groups in total. The van der Waals surface area contributed by atoms with Gasteiger partial charge in [-0.05, 0) is 16.7 Å². The molecule has 0 amide bonds. The second kappa shape index (κ2) is 5.73. The van der Waals surface area contributed by atoms with Crippen LogP contribution in [-0.4, -0.2) is 6.34 Å². The van der Waals surface area contributed by atoms with Gasteiger partial charge in [-0.2, -0.15) is 0 Å². The van der Waals surface area contributed by atoms with Crippen LogP contribution in [0.3, 0.4) is 0 Å². The summed E-state index contributed by atoms with van der Waals surface area (Å²) in [4.78, 5) is 4.78. The van der Waals surface area contributed by atoms with Crippen molar-refractivity contribution in [2.75, 3.05) is 0 Å². The lowest BCUT2D eigenvalue weighted by atomic mass is 9.75. The zero-order valence-corrected chi connectivity index (χ0v) is 12.8. The summed E-state index contributed by atoms with van der Waals surface area (Å²) < 4.78 is 0. The molecule has 1 atom stereocenters. The third kappa shape index (κ3) is 2.23. The maximum absolute atomic E-state index is 4.78. The van der Waals surface area contributed by atoms with Gasteiger partial charge in [0.2, 0.25) is 0 Å². The fourth-order valence-corrected chi connectivity index (χ4v) is 3.43. The molecule has 3 aromatic rings. The minimum atomic E-state index is -0.371. The van der Waals surface area contributed by atoms with Crippen molar-refractivity contribution in [1.82, 2.24) is 5.32 Å². The van der Waals surface area contributed by atoms with Crippen molar-refractivity contribution in [3.05, 3.63) is 108 Å². The summed E-state index contributed by atoms with van der Waals surface area (Å²) in [6.45, 7) is 0. The number of rotatable bonds is 3. The highest BCUT2D eigenvalue weighted by atomic mass is 15.1. The smallest absolute Gasteiger partial charge is 0.116 e. The summed E-state index contributed by atoms with van der Waals surface area (Å²) in [7, 11) is 0. The molecule has 0 saturated heterocycles. The Morgan fingerprint density at radius 1 is 0.652 bits per heavy atom. The Hall–Kier alpha value is -2.87. The van der Waals surface area contributed by atoms with Gasteiger partial charge in [0.1, 0.15) is 11.6 Å². The van der Waals surface area contributed by atoms with Gasteiger partial charge < -0.3 is 5.32 Å². The Balaban J connectivity index is 1.93. The fraction of sp³-hybridized carbons (Fsp3) is 0.0952. The van der Waals surface area contributed by atoms with Crippen LogP contribution in [0.4, 0.5) is 0 Å². The van der Waals surface area contributed by atoms with Crippen LogP contribution in [0, 0.1) is 0 Å².